The van der Waals surface area contributed by atoms with E-state index in [4.69, 9.17) is 23.7 Å². The van der Waals surface area contributed by atoms with E-state index in [9.17, 15) is 19.2 Å². The van der Waals surface area contributed by atoms with Gasteiger partial charge in [0.1, 0.15) is 12.2 Å². The van der Waals surface area contributed by atoms with Gasteiger partial charge >= 0.3 is 23.9 Å². The first-order valence-electron chi connectivity index (χ1n) is 14.7. The number of hydrogen-bond acceptors (Lipinski definition) is 9. The summed E-state index contributed by atoms with van der Waals surface area (Å²) < 4.78 is 27.0. The Morgan fingerprint density at radius 2 is 1.59 bits per heavy atom. The Morgan fingerprint density at radius 1 is 0.949 bits per heavy atom. The Kier molecular flexibility index (Phi) is 11.4. The number of ether oxygens (including phenoxy) is 5. The predicted octanol–water partition coefficient (Wildman–Crippen LogP) is 4.35. The zero-order chi connectivity index (χ0) is 28.7. The second kappa shape index (κ2) is 14.1. The lowest BCUT2D eigenvalue weighted by Gasteiger charge is -2.34. The van der Waals surface area contributed by atoms with E-state index in [1.54, 1.807) is 27.7 Å². The minimum Gasteiger partial charge on any atom is -0.463 e. The van der Waals surface area contributed by atoms with Gasteiger partial charge in [0.2, 0.25) is 0 Å². The highest BCUT2D eigenvalue weighted by atomic mass is 16.6. The molecule has 0 aromatic rings. The van der Waals surface area contributed by atoms with Crippen molar-refractivity contribution in [1.29, 1.82) is 0 Å². The molecule has 0 aromatic carbocycles. The van der Waals surface area contributed by atoms with Gasteiger partial charge in [0.05, 0.1) is 43.5 Å². The van der Waals surface area contributed by atoms with Gasteiger partial charge in [-0.2, -0.15) is 0 Å². The summed E-state index contributed by atoms with van der Waals surface area (Å²) in [4.78, 5) is 51.8. The molecule has 0 spiro atoms. The summed E-state index contributed by atoms with van der Waals surface area (Å²) in [6.45, 7) is 13.2. The zero-order valence-electron chi connectivity index (χ0n) is 24.6. The molecule has 9 heteroatoms. The number of fused-ring (bicyclic) bond motifs is 2. The minimum absolute atomic E-state index is 0.0850. The monoisotopic (exact) mass is 552 g/mol. The fourth-order valence-electron chi connectivity index (χ4n) is 6.78. The molecule has 222 valence electrons. The highest BCUT2D eigenvalue weighted by Gasteiger charge is 2.57. The molecule has 0 amide bonds. The maximum atomic E-state index is 13.3. The van der Waals surface area contributed by atoms with Gasteiger partial charge in [-0.05, 0) is 83.0 Å². The van der Waals surface area contributed by atoms with Gasteiger partial charge in [-0.3, -0.25) is 19.2 Å². The van der Waals surface area contributed by atoms with E-state index in [2.05, 4.69) is 6.92 Å². The van der Waals surface area contributed by atoms with Gasteiger partial charge in [-0.15, -0.1) is 0 Å². The maximum Gasteiger partial charge on any atom is 0.317 e. The van der Waals surface area contributed by atoms with Gasteiger partial charge in [0.15, 0.2) is 0 Å². The first-order chi connectivity index (χ1) is 18.4. The van der Waals surface area contributed by atoms with Crippen LogP contribution in [0.3, 0.4) is 0 Å². The summed E-state index contributed by atoms with van der Waals surface area (Å²) in [7, 11) is 0. The van der Waals surface area contributed by atoms with E-state index < -0.39 is 53.1 Å². The molecule has 2 saturated carbocycles. The molecule has 2 bridgehead atoms. The lowest BCUT2D eigenvalue weighted by atomic mass is 9.68. The summed E-state index contributed by atoms with van der Waals surface area (Å²) in [5, 5.41) is 0. The fraction of sp³-hybridized carbons (Fsp3) is 0.867. The molecule has 1 aliphatic heterocycles. The average Bonchev–Trinajstić information content (AvgIpc) is 3.52. The van der Waals surface area contributed by atoms with Crippen molar-refractivity contribution in [2.45, 2.75) is 85.7 Å². The van der Waals surface area contributed by atoms with E-state index in [-0.39, 0.29) is 32.0 Å². The van der Waals surface area contributed by atoms with Crippen molar-refractivity contribution in [3.8, 4) is 0 Å². The van der Waals surface area contributed by atoms with Gasteiger partial charge < -0.3 is 23.7 Å². The van der Waals surface area contributed by atoms with Crippen LogP contribution in [-0.2, 0) is 42.9 Å². The fourth-order valence-corrected chi connectivity index (χ4v) is 6.78. The number of hydrogen-bond donors (Lipinski definition) is 0. The lowest BCUT2D eigenvalue weighted by Crippen LogP contribution is -2.37. The molecule has 3 aliphatic rings. The van der Waals surface area contributed by atoms with Crippen molar-refractivity contribution in [3.05, 3.63) is 0 Å². The summed E-state index contributed by atoms with van der Waals surface area (Å²) in [6.07, 6.45) is 4.53. The van der Waals surface area contributed by atoms with E-state index in [1.165, 1.54) is 6.42 Å². The Labute approximate surface area is 233 Å². The van der Waals surface area contributed by atoms with Crippen molar-refractivity contribution < 1.29 is 42.9 Å². The normalized spacial score (nSPS) is 29.8. The van der Waals surface area contributed by atoms with E-state index in [1.807, 2.05) is 6.92 Å². The van der Waals surface area contributed by atoms with Crippen LogP contribution in [-0.4, -0.2) is 62.5 Å². The topological polar surface area (TPSA) is 114 Å². The van der Waals surface area contributed by atoms with Crippen molar-refractivity contribution in [3.63, 3.8) is 0 Å². The molecular formula is C30H48O9. The Balaban J connectivity index is 1.62. The zero-order valence-corrected chi connectivity index (χ0v) is 24.6. The molecule has 39 heavy (non-hydrogen) atoms. The summed E-state index contributed by atoms with van der Waals surface area (Å²) in [6, 6.07) is 0. The first kappa shape index (κ1) is 31.5. The van der Waals surface area contributed by atoms with Crippen molar-refractivity contribution in [2.75, 3.05) is 33.0 Å². The quantitative estimate of drug-likeness (QED) is 0.127. The summed E-state index contributed by atoms with van der Waals surface area (Å²) in [5.41, 5.74) is -0.734. The lowest BCUT2D eigenvalue weighted by molar-refractivity contribution is -0.162. The molecular weight excluding hydrogens is 504 g/mol. The highest BCUT2D eigenvalue weighted by Crippen LogP contribution is 2.57. The van der Waals surface area contributed by atoms with Crippen LogP contribution in [0, 0.1) is 47.3 Å². The van der Waals surface area contributed by atoms with Crippen LogP contribution in [0.1, 0.15) is 80.1 Å². The van der Waals surface area contributed by atoms with Crippen LogP contribution in [0.2, 0.25) is 0 Å². The van der Waals surface area contributed by atoms with E-state index in [0.717, 1.165) is 19.3 Å². The molecule has 3 fully saturated rings. The van der Waals surface area contributed by atoms with Crippen LogP contribution in [0.15, 0.2) is 0 Å². The molecule has 0 radical (unpaired) electrons. The summed E-state index contributed by atoms with van der Waals surface area (Å²) in [5.74, 6) is -3.18. The smallest absolute Gasteiger partial charge is 0.317 e. The third-order valence-corrected chi connectivity index (χ3v) is 8.54. The molecule has 3 rings (SSSR count). The average molecular weight is 553 g/mol. The summed E-state index contributed by atoms with van der Waals surface area (Å²) >= 11 is 0. The molecule has 2 aliphatic carbocycles. The number of carbonyl (C=O) groups excluding carboxylic acids is 4. The van der Waals surface area contributed by atoms with Gasteiger partial charge in [-0.25, -0.2) is 0 Å². The third-order valence-electron chi connectivity index (χ3n) is 8.54. The second-order valence-electron chi connectivity index (χ2n) is 12.6. The molecule has 9 nitrogen and oxygen atoms in total. The van der Waals surface area contributed by atoms with Crippen LogP contribution in [0.25, 0.3) is 0 Å². The third kappa shape index (κ3) is 8.49. The number of esters is 4. The van der Waals surface area contributed by atoms with E-state index in [0.29, 0.717) is 37.6 Å². The predicted molar refractivity (Wildman–Crippen MR) is 142 cm³/mol. The molecule has 0 N–H and O–H groups in total. The van der Waals surface area contributed by atoms with E-state index >= 15 is 0 Å². The molecule has 1 saturated heterocycles. The SMILES string of the molecule is CCCOCCOCCOC(=O)C(C)CC(CC1C(=O)OC(=O)C1C1C2CCC(C2)C1C)C(=O)OC(C)(C)C. The molecule has 1 heterocycles. The molecule has 8 unspecified atom stereocenters. The number of rotatable bonds is 15. The van der Waals surface area contributed by atoms with Gasteiger partial charge in [0, 0.05) is 6.61 Å². The van der Waals surface area contributed by atoms with Crippen LogP contribution < -0.4 is 0 Å². The van der Waals surface area contributed by atoms with Gasteiger partial charge in [-0.1, -0.05) is 20.8 Å². The molecule has 8 atom stereocenters. The largest absolute Gasteiger partial charge is 0.463 e. The number of cyclic esters (lactones) is 2. The maximum absolute atomic E-state index is 13.3. The van der Waals surface area contributed by atoms with Crippen molar-refractivity contribution in [1.82, 2.24) is 0 Å². The van der Waals surface area contributed by atoms with Gasteiger partial charge in [0.25, 0.3) is 0 Å². The highest BCUT2D eigenvalue weighted by molar-refractivity contribution is 5.97. The first-order valence-corrected chi connectivity index (χ1v) is 14.7. The Hall–Kier alpha value is -2.00. The standard InChI is InChI=1S/C30H48O9/c1-7-10-35-11-12-36-13-14-37-26(31)18(2)15-22(27(32)39-30(4,5)6)17-23-25(29(34)38-28(23)33)24-19(3)20-8-9-21(24)16-20/h18-25H,7-17H2,1-6H3. The second-order valence-corrected chi connectivity index (χ2v) is 12.6. The van der Waals surface area contributed by atoms with Crippen molar-refractivity contribution in [2.24, 2.45) is 47.3 Å². The van der Waals surface area contributed by atoms with Crippen LogP contribution in [0.5, 0.6) is 0 Å². The number of carbonyl (C=O) groups is 4. The Bertz CT molecular complexity index is 861. The molecule has 0 aromatic heterocycles. The van der Waals surface area contributed by atoms with Crippen LogP contribution in [0.4, 0.5) is 0 Å². The van der Waals surface area contributed by atoms with Crippen molar-refractivity contribution >= 4 is 23.9 Å². The van der Waals surface area contributed by atoms with Crippen LogP contribution >= 0.6 is 0 Å². The Morgan fingerprint density at radius 3 is 2.21 bits per heavy atom. The minimum atomic E-state index is -0.751.